The van der Waals surface area contributed by atoms with E-state index in [1.807, 2.05) is 25.1 Å². The van der Waals surface area contributed by atoms with Crippen LogP contribution in [0.15, 0.2) is 29.1 Å². The van der Waals surface area contributed by atoms with Crippen LogP contribution in [0.2, 0.25) is 0 Å². The monoisotopic (exact) mass is 162 g/mol. The summed E-state index contributed by atoms with van der Waals surface area (Å²) in [4.78, 5) is 11.2. The molecule has 0 fully saturated rings. The zero-order chi connectivity index (χ0) is 8.97. The molecule has 0 bridgehead atoms. The second-order valence-electron chi connectivity index (χ2n) is 3.04. The molecule has 1 heteroatoms. The van der Waals surface area contributed by atoms with E-state index >= 15 is 0 Å². The molecular weight excluding hydrogens is 148 g/mol. The van der Waals surface area contributed by atoms with Crippen LogP contribution in [0.4, 0.5) is 0 Å². The van der Waals surface area contributed by atoms with Gasteiger partial charge >= 0.3 is 0 Å². The van der Waals surface area contributed by atoms with Gasteiger partial charge in [0.15, 0.2) is 5.43 Å². The van der Waals surface area contributed by atoms with Gasteiger partial charge in [-0.1, -0.05) is 31.5 Å². The first-order valence-corrected chi connectivity index (χ1v) is 4.34. The first-order valence-electron chi connectivity index (χ1n) is 4.34. The van der Waals surface area contributed by atoms with Gasteiger partial charge in [-0.05, 0) is 30.5 Å². The van der Waals surface area contributed by atoms with Crippen LogP contribution in [0.3, 0.4) is 0 Å². The zero-order valence-electron chi connectivity index (χ0n) is 7.63. The maximum absolute atomic E-state index is 11.2. The Labute approximate surface area is 73.1 Å². The lowest BCUT2D eigenvalue weighted by atomic mass is 10.2. The molecule has 64 valence electrons. The fourth-order valence-electron chi connectivity index (χ4n) is 1.14. The van der Waals surface area contributed by atoms with Crippen molar-refractivity contribution in [3.63, 3.8) is 0 Å². The van der Waals surface area contributed by atoms with Gasteiger partial charge in [0.25, 0.3) is 0 Å². The van der Waals surface area contributed by atoms with Gasteiger partial charge < -0.3 is 0 Å². The first-order chi connectivity index (χ1) is 5.74. The zero-order valence-corrected chi connectivity index (χ0v) is 7.63. The predicted octanol–water partition coefficient (Wildman–Crippen LogP) is 2.31. The number of aryl methyl sites for hydroxylation is 2. The third kappa shape index (κ3) is 2.19. The molecule has 0 aliphatic rings. The average Bonchev–Trinajstić information content (AvgIpc) is 2.20. The molecule has 0 saturated heterocycles. The van der Waals surface area contributed by atoms with Crippen LogP contribution in [0.5, 0.6) is 0 Å². The molecule has 0 aromatic heterocycles. The highest BCUT2D eigenvalue weighted by Crippen LogP contribution is 2.00. The van der Waals surface area contributed by atoms with Crippen molar-refractivity contribution in [2.24, 2.45) is 0 Å². The molecule has 0 aliphatic carbocycles. The van der Waals surface area contributed by atoms with Gasteiger partial charge in [0.2, 0.25) is 0 Å². The lowest BCUT2D eigenvalue weighted by Crippen LogP contribution is -1.96. The highest BCUT2D eigenvalue weighted by Gasteiger charge is 1.91. The van der Waals surface area contributed by atoms with E-state index in [9.17, 15) is 4.79 Å². The van der Waals surface area contributed by atoms with Gasteiger partial charge in [0, 0.05) is 0 Å². The lowest BCUT2D eigenvalue weighted by molar-refractivity contribution is 0.923. The molecule has 0 saturated carbocycles. The van der Waals surface area contributed by atoms with Gasteiger partial charge in [-0.15, -0.1) is 0 Å². The minimum atomic E-state index is 0.123. The molecule has 0 unspecified atom stereocenters. The van der Waals surface area contributed by atoms with Crippen molar-refractivity contribution >= 4 is 0 Å². The van der Waals surface area contributed by atoms with Crippen molar-refractivity contribution in [1.82, 2.24) is 0 Å². The van der Waals surface area contributed by atoms with Crippen LogP contribution < -0.4 is 5.43 Å². The van der Waals surface area contributed by atoms with Crippen LogP contribution in [-0.2, 0) is 6.42 Å². The summed E-state index contributed by atoms with van der Waals surface area (Å²) in [5.74, 6) is 0. The van der Waals surface area contributed by atoms with Crippen LogP contribution in [-0.4, -0.2) is 0 Å². The molecule has 0 atom stereocenters. The number of hydrogen-bond donors (Lipinski definition) is 0. The maximum Gasteiger partial charge on any atom is 0.181 e. The molecule has 0 amide bonds. The van der Waals surface area contributed by atoms with Gasteiger partial charge in [-0.2, -0.15) is 0 Å². The van der Waals surface area contributed by atoms with Crippen molar-refractivity contribution in [2.45, 2.75) is 26.7 Å². The fraction of sp³-hybridized carbons (Fsp3) is 0.364. The van der Waals surface area contributed by atoms with E-state index in [1.165, 1.54) is 5.56 Å². The number of rotatable bonds is 2. The lowest BCUT2D eigenvalue weighted by Gasteiger charge is -1.90. The summed E-state index contributed by atoms with van der Waals surface area (Å²) in [7, 11) is 0. The molecular formula is C11H14O. The Morgan fingerprint density at radius 2 is 1.83 bits per heavy atom. The Hall–Kier alpha value is -1.11. The average molecular weight is 162 g/mol. The Balaban J connectivity index is 3.08. The predicted molar refractivity (Wildman–Crippen MR) is 51.4 cm³/mol. The Morgan fingerprint density at radius 3 is 2.50 bits per heavy atom. The molecule has 0 N–H and O–H groups in total. The summed E-state index contributed by atoms with van der Waals surface area (Å²) in [6, 6.07) is 7.49. The van der Waals surface area contributed by atoms with E-state index in [-0.39, 0.29) is 5.43 Å². The summed E-state index contributed by atoms with van der Waals surface area (Å²) < 4.78 is 0. The standard InChI is InChI=1S/C11H14O/c1-3-4-10-6-5-9(2)11(12)8-7-10/h5-8H,3-4H2,1-2H3. The molecule has 1 nitrogen and oxygen atoms in total. The van der Waals surface area contributed by atoms with Gasteiger partial charge in [-0.3, -0.25) is 4.79 Å². The van der Waals surface area contributed by atoms with Gasteiger partial charge in [0.1, 0.15) is 0 Å². The highest BCUT2D eigenvalue weighted by molar-refractivity contribution is 5.19. The molecule has 0 radical (unpaired) electrons. The first kappa shape index (κ1) is 8.98. The molecule has 12 heavy (non-hydrogen) atoms. The van der Waals surface area contributed by atoms with E-state index in [4.69, 9.17) is 0 Å². The van der Waals surface area contributed by atoms with Gasteiger partial charge in [-0.25, -0.2) is 0 Å². The van der Waals surface area contributed by atoms with E-state index in [0.717, 1.165) is 18.4 Å². The van der Waals surface area contributed by atoms with Crippen LogP contribution in [0.25, 0.3) is 0 Å². The molecule has 0 heterocycles. The van der Waals surface area contributed by atoms with Crippen LogP contribution >= 0.6 is 0 Å². The quantitative estimate of drug-likeness (QED) is 0.652. The molecule has 0 spiro atoms. The Kier molecular flexibility index (Phi) is 3.03. The van der Waals surface area contributed by atoms with Crippen molar-refractivity contribution in [2.75, 3.05) is 0 Å². The Bertz CT molecular complexity index is 315. The summed E-state index contributed by atoms with van der Waals surface area (Å²) in [6.45, 7) is 3.98. The van der Waals surface area contributed by atoms with Crippen molar-refractivity contribution < 1.29 is 0 Å². The third-order valence-corrected chi connectivity index (χ3v) is 1.92. The number of hydrogen-bond acceptors (Lipinski definition) is 1. The minimum Gasteiger partial charge on any atom is -0.290 e. The fourth-order valence-corrected chi connectivity index (χ4v) is 1.14. The normalized spacial score (nSPS) is 9.83. The Morgan fingerprint density at radius 1 is 1.17 bits per heavy atom. The summed E-state index contributed by atoms with van der Waals surface area (Å²) in [6.07, 6.45) is 2.17. The van der Waals surface area contributed by atoms with E-state index in [2.05, 4.69) is 6.92 Å². The molecule has 1 aromatic rings. The van der Waals surface area contributed by atoms with Crippen molar-refractivity contribution in [3.05, 3.63) is 45.6 Å². The largest absolute Gasteiger partial charge is 0.290 e. The van der Waals surface area contributed by atoms with Crippen LogP contribution in [0, 0.1) is 6.92 Å². The summed E-state index contributed by atoms with van der Waals surface area (Å²) in [5.41, 5.74) is 2.18. The topological polar surface area (TPSA) is 17.1 Å². The smallest absolute Gasteiger partial charge is 0.181 e. The SMILES string of the molecule is CCCc1ccc(C)c(=O)cc1. The van der Waals surface area contributed by atoms with E-state index < -0.39 is 0 Å². The second kappa shape index (κ2) is 4.05. The summed E-state index contributed by atoms with van der Waals surface area (Å²) >= 11 is 0. The van der Waals surface area contributed by atoms with Crippen LogP contribution in [0.1, 0.15) is 24.5 Å². The van der Waals surface area contributed by atoms with E-state index in [0.29, 0.717) is 0 Å². The van der Waals surface area contributed by atoms with Gasteiger partial charge in [0.05, 0.1) is 0 Å². The van der Waals surface area contributed by atoms with Crippen molar-refractivity contribution in [1.29, 1.82) is 0 Å². The second-order valence-corrected chi connectivity index (χ2v) is 3.04. The third-order valence-electron chi connectivity index (χ3n) is 1.92. The van der Waals surface area contributed by atoms with Crippen molar-refractivity contribution in [3.8, 4) is 0 Å². The summed E-state index contributed by atoms with van der Waals surface area (Å²) in [5, 5.41) is 0. The maximum atomic E-state index is 11.2. The van der Waals surface area contributed by atoms with E-state index in [1.54, 1.807) is 6.07 Å². The molecule has 1 aromatic carbocycles. The highest BCUT2D eigenvalue weighted by atomic mass is 16.1. The molecule has 1 rings (SSSR count). The molecule has 0 aliphatic heterocycles. The minimum absolute atomic E-state index is 0.123.